The molecule has 2 rings (SSSR count). The molecule has 0 bridgehead atoms. The van der Waals surface area contributed by atoms with Gasteiger partial charge in [0.25, 0.3) is 5.56 Å². The minimum Gasteiger partial charge on any atom is -0.291 e. The van der Waals surface area contributed by atoms with Gasteiger partial charge in [-0.25, -0.2) is 4.98 Å². The van der Waals surface area contributed by atoms with Crippen LogP contribution in [-0.4, -0.2) is 9.55 Å². The van der Waals surface area contributed by atoms with Gasteiger partial charge in [-0.1, -0.05) is 11.6 Å². The number of hydrogen-bond donors (Lipinski definition) is 0. The van der Waals surface area contributed by atoms with Crippen molar-refractivity contribution in [3.05, 3.63) is 48.2 Å². The molecule has 0 radical (unpaired) electrons. The molecule has 0 saturated heterocycles. The van der Waals surface area contributed by atoms with Crippen LogP contribution in [0.15, 0.2) is 26.8 Å². The molecule has 16 heavy (non-hydrogen) atoms. The Labute approximate surface area is 110 Å². The monoisotopic (exact) mass is 318 g/mol. The van der Waals surface area contributed by atoms with Gasteiger partial charge < -0.3 is 0 Å². The van der Waals surface area contributed by atoms with E-state index in [1.54, 1.807) is 22.8 Å². The number of hydrogen-bond acceptors (Lipinski definition) is 3. The zero-order valence-corrected chi connectivity index (χ0v) is 11.6. The summed E-state index contributed by atoms with van der Waals surface area (Å²) in [5.74, 6) is 0.623. The number of thiophene rings is 1. The summed E-state index contributed by atoms with van der Waals surface area (Å²) in [5, 5.41) is 2.22. The van der Waals surface area contributed by atoms with Crippen LogP contribution in [0.1, 0.15) is 10.7 Å². The average molecular weight is 320 g/mol. The summed E-state index contributed by atoms with van der Waals surface area (Å²) in [6, 6.07) is 3.29. The van der Waals surface area contributed by atoms with E-state index in [-0.39, 0.29) is 10.7 Å². The fourth-order valence-corrected chi connectivity index (χ4v) is 3.04. The van der Waals surface area contributed by atoms with Crippen molar-refractivity contribution in [2.75, 3.05) is 0 Å². The smallest absolute Gasteiger partial charge is 0.255 e. The highest BCUT2D eigenvalue weighted by molar-refractivity contribution is 9.10. The highest BCUT2D eigenvalue weighted by atomic mass is 79.9. The van der Waals surface area contributed by atoms with E-state index in [1.807, 2.05) is 11.4 Å². The first kappa shape index (κ1) is 11.8. The summed E-state index contributed by atoms with van der Waals surface area (Å²) in [4.78, 5) is 16.9. The predicted molar refractivity (Wildman–Crippen MR) is 69.4 cm³/mol. The van der Waals surface area contributed by atoms with E-state index in [0.29, 0.717) is 12.4 Å². The average Bonchev–Trinajstić information content (AvgIpc) is 2.57. The molecule has 0 N–H and O–H groups in total. The Morgan fingerprint density at radius 2 is 2.38 bits per heavy atom. The molecule has 0 unspecified atom stereocenters. The normalized spacial score (nSPS) is 10.7. The molecule has 3 nitrogen and oxygen atoms in total. The molecule has 0 aromatic carbocycles. The number of aryl methyl sites for hydroxylation is 1. The number of aromatic nitrogens is 2. The Balaban J connectivity index is 2.43. The van der Waals surface area contributed by atoms with Gasteiger partial charge in [-0.05, 0) is 34.3 Å². The summed E-state index contributed by atoms with van der Waals surface area (Å²) >= 11 is 10.7. The van der Waals surface area contributed by atoms with Crippen LogP contribution in [0.5, 0.6) is 0 Å². The van der Waals surface area contributed by atoms with E-state index in [4.69, 9.17) is 11.6 Å². The van der Waals surface area contributed by atoms with Crippen LogP contribution in [0.4, 0.5) is 0 Å². The summed E-state index contributed by atoms with van der Waals surface area (Å²) in [6.07, 6.45) is 0. The van der Waals surface area contributed by atoms with Gasteiger partial charge in [0, 0.05) is 15.4 Å². The second kappa shape index (κ2) is 4.69. The van der Waals surface area contributed by atoms with Crippen molar-refractivity contribution in [2.24, 2.45) is 0 Å². The molecular formula is C10H8BrClN2OS. The van der Waals surface area contributed by atoms with Gasteiger partial charge in [0.1, 0.15) is 11.0 Å². The lowest BCUT2D eigenvalue weighted by Gasteiger charge is -2.07. The van der Waals surface area contributed by atoms with Crippen LogP contribution in [-0.2, 0) is 6.54 Å². The third-order valence-electron chi connectivity index (χ3n) is 2.16. The second-order valence-corrected chi connectivity index (χ2v) is 5.48. The highest BCUT2D eigenvalue weighted by Crippen LogP contribution is 2.23. The minimum absolute atomic E-state index is 0.127. The summed E-state index contributed by atoms with van der Waals surface area (Å²) in [7, 11) is 0. The number of nitrogens with zero attached hydrogens (tertiary/aromatic N) is 2. The van der Waals surface area contributed by atoms with Crippen molar-refractivity contribution in [2.45, 2.75) is 13.5 Å². The Hall–Kier alpha value is -0.650. The largest absolute Gasteiger partial charge is 0.291 e. The van der Waals surface area contributed by atoms with Crippen LogP contribution in [0.2, 0.25) is 5.15 Å². The van der Waals surface area contributed by atoms with Gasteiger partial charge in [0.05, 0.1) is 6.54 Å². The molecule has 0 saturated carbocycles. The molecule has 0 aliphatic rings. The van der Waals surface area contributed by atoms with Crippen molar-refractivity contribution >= 4 is 38.9 Å². The van der Waals surface area contributed by atoms with Gasteiger partial charge in [0.15, 0.2) is 0 Å². The molecule has 2 aromatic heterocycles. The van der Waals surface area contributed by atoms with Crippen molar-refractivity contribution in [1.29, 1.82) is 0 Å². The topological polar surface area (TPSA) is 34.9 Å². The Morgan fingerprint density at radius 3 is 2.94 bits per heavy atom. The summed E-state index contributed by atoms with van der Waals surface area (Å²) in [5.41, 5.74) is -0.127. The Morgan fingerprint density at radius 1 is 1.62 bits per heavy atom. The lowest BCUT2D eigenvalue weighted by molar-refractivity contribution is 0.706. The molecular weight excluding hydrogens is 312 g/mol. The molecule has 0 aliphatic heterocycles. The van der Waals surface area contributed by atoms with Gasteiger partial charge in [-0.15, -0.1) is 11.3 Å². The maximum Gasteiger partial charge on any atom is 0.255 e. The zero-order chi connectivity index (χ0) is 11.7. The van der Waals surface area contributed by atoms with Crippen molar-refractivity contribution in [1.82, 2.24) is 9.55 Å². The minimum atomic E-state index is -0.127. The highest BCUT2D eigenvalue weighted by Gasteiger charge is 2.07. The van der Waals surface area contributed by atoms with Crippen LogP contribution in [0.25, 0.3) is 0 Å². The van der Waals surface area contributed by atoms with Crippen LogP contribution in [0, 0.1) is 6.92 Å². The fourth-order valence-electron chi connectivity index (χ4n) is 1.36. The molecule has 0 spiro atoms. The quantitative estimate of drug-likeness (QED) is 0.797. The molecule has 0 atom stereocenters. The number of halogens is 2. The lowest BCUT2D eigenvalue weighted by Crippen LogP contribution is -2.23. The molecule has 2 aromatic rings. The van der Waals surface area contributed by atoms with Gasteiger partial charge in [0.2, 0.25) is 0 Å². The van der Waals surface area contributed by atoms with E-state index in [0.717, 1.165) is 9.35 Å². The van der Waals surface area contributed by atoms with Gasteiger partial charge >= 0.3 is 0 Å². The SMILES string of the molecule is Cc1nc(Cl)cc(=O)n1Cc1sccc1Br. The van der Waals surface area contributed by atoms with E-state index in [2.05, 4.69) is 20.9 Å². The van der Waals surface area contributed by atoms with Crippen LogP contribution >= 0.6 is 38.9 Å². The molecule has 0 aliphatic carbocycles. The Bertz CT molecular complexity index is 578. The summed E-state index contributed by atoms with van der Waals surface area (Å²) < 4.78 is 2.61. The first-order valence-corrected chi connectivity index (χ1v) is 6.59. The predicted octanol–water partition coefficient (Wildman–Crippen LogP) is 3.08. The van der Waals surface area contributed by atoms with Crippen molar-refractivity contribution in [3.8, 4) is 0 Å². The molecule has 0 amide bonds. The maximum atomic E-state index is 11.7. The molecule has 6 heteroatoms. The summed E-state index contributed by atoms with van der Waals surface area (Å²) in [6.45, 7) is 2.29. The van der Waals surface area contributed by atoms with E-state index < -0.39 is 0 Å². The Kier molecular flexibility index (Phi) is 3.47. The fraction of sp³-hybridized carbons (Fsp3) is 0.200. The molecule has 2 heterocycles. The zero-order valence-electron chi connectivity index (χ0n) is 8.41. The van der Waals surface area contributed by atoms with E-state index in [9.17, 15) is 4.79 Å². The van der Waals surface area contributed by atoms with Gasteiger partial charge in [-0.2, -0.15) is 0 Å². The molecule has 84 valence electrons. The first-order valence-electron chi connectivity index (χ1n) is 4.54. The maximum absolute atomic E-state index is 11.7. The van der Waals surface area contributed by atoms with Crippen LogP contribution in [0.3, 0.4) is 0 Å². The lowest BCUT2D eigenvalue weighted by atomic mass is 10.4. The van der Waals surface area contributed by atoms with E-state index >= 15 is 0 Å². The standard InChI is InChI=1S/C10H8BrClN2OS/c1-6-13-9(12)4-10(15)14(6)5-8-7(11)2-3-16-8/h2-4H,5H2,1H3. The second-order valence-electron chi connectivity index (χ2n) is 3.24. The first-order chi connectivity index (χ1) is 7.58. The molecule has 0 fully saturated rings. The van der Waals surface area contributed by atoms with Crippen molar-refractivity contribution < 1.29 is 0 Å². The third-order valence-corrected chi connectivity index (χ3v) is 4.27. The number of rotatable bonds is 2. The van der Waals surface area contributed by atoms with Crippen LogP contribution < -0.4 is 5.56 Å². The van der Waals surface area contributed by atoms with E-state index in [1.165, 1.54) is 6.07 Å². The van der Waals surface area contributed by atoms with Gasteiger partial charge in [-0.3, -0.25) is 9.36 Å². The third kappa shape index (κ3) is 2.36. The van der Waals surface area contributed by atoms with Crippen molar-refractivity contribution in [3.63, 3.8) is 0 Å².